The molecule has 2 aromatic carbocycles. The molecular weight excluding hydrogens is 580 g/mol. The van der Waals surface area contributed by atoms with Crippen molar-refractivity contribution in [2.45, 2.75) is 104 Å². The Morgan fingerprint density at radius 2 is 0.870 bits per heavy atom. The summed E-state index contributed by atoms with van der Waals surface area (Å²) < 4.78 is 0. The van der Waals surface area contributed by atoms with E-state index in [-0.39, 0.29) is 23.7 Å². The van der Waals surface area contributed by atoms with Crippen LogP contribution in [0.4, 0.5) is 0 Å². The van der Waals surface area contributed by atoms with Crippen molar-refractivity contribution in [1.82, 2.24) is 10.6 Å². The maximum absolute atomic E-state index is 12.4. The second kappa shape index (κ2) is 18.5. The summed E-state index contributed by atoms with van der Waals surface area (Å²) >= 11 is 0. The minimum Gasteiger partial charge on any atom is -0.480 e. The van der Waals surface area contributed by atoms with Crippen molar-refractivity contribution in [3.8, 4) is 0 Å². The van der Waals surface area contributed by atoms with Gasteiger partial charge in [0.25, 0.3) is 0 Å². The van der Waals surface area contributed by atoms with Crippen LogP contribution >= 0.6 is 0 Å². The van der Waals surface area contributed by atoms with Gasteiger partial charge in [-0.05, 0) is 86.2 Å². The van der Waals surface area contributed by atoms with E-state index in [2.05, 4.69) is 38.3 Å². The Kier molecular flexibility index (Phi) is 14.8. The van der Waals surface area contributed by atoms with E-state index in [9.17, 15) is 29.4 Å². The molecule has 2 amide bonds. The molecule has 2 fully saturated rings. The molecule has 0 unspecified atom stereocenters. The molecule has 0 heterocycles. The summed E-state index contributed by atoms with van der Waals surface area (Å²) in [6, 6.07) is 17.1. The highest BCUT2D eigenvalue weighted by molar-refractivity contribution is 5.86. The predicted molar refractivity (Wildman–Crippen MR) is 180 cm³/mol. The predicted octanol–water partition coefficient (Wildman–Crippen LogP) is 6.52. The second-order valence-electron chi connectivity index (χ2n) is 13.9. The third-order valence-electron chi connectivity index (χ3n) is 9.97. The van der Waals surface area contributed by atoms with Crippen molar-refractivity contribution >= 4 is 23.8 Å². The average Bonchev–Trinajstić information content (AvgIpc) is 3.05. The van der Waals surface area contributed by atoms with Gasteiger partial charge in [0, 0.05) is 24.7 Å². The highest BCUT2D eigenvalue weighted by Gasteiger charge is 2.31. The van der Waals surface area contributed by atoms with E-state index in [0.717, 1.165) is 62.5 Å². The molecule has 8 heteroatoms. The molecule has 0 saturated heterocycles. The first-order valence-corrected chi connectivity index (χ1v) is 17.1. The Hall–Kier alpha value is -3.68. The van der Waals surface area contributed by atoms with Gasteiger partial charge in [-0.25, -0.2) is 9.59 Å². The van der Waals surface area contributed by atoms with Crippen LogP contribution in [0.25, 0.3) is 0 Å². The Balaban J connectivity index is 0.000000250. The van der Waals surface area contributed by atoms with E-state index in [1.807, 2.05) is 60.7 Å². The van der Waals surface area contributed by atoms with Crippen LogP contribution in [0.15, 0.2) is 60.7 Å². The molecule has 46 heavy (non-hydrogen) atoms. The van der Waals surface area contributed by atoms with Crippen LogP contribution in [-0.2, 0) is 32.0 Å². The van der Waals surface area contributed by atoms with Crippen LogP contribution < -0.4 is 10.6 Å². The van der Waals surface area contributed by atoms with Gasteiger partial charge >= 0.3 is 11.9 Å². The molecule has 2 aromatic rings. The molecule has 8 nitrogen and oxygen atoms in total. The highest BCUT2D eigenvalue weighted by Crippen LogP contribution is 2.34. The number of hydrogen-bond donors (Lipinski definition) is 4. The van der Waals surface area contributed by atoms with Crippen LogP contribution in [0.3, 0.4) is 0 Å². The summed E-state index contributed by atoms with van der Waals surface area (Å²) in [4.78, 5) is 47.7. The Morgan fingerprint density at radius 1 is 0.565 bits per heavy atom. The van der Waals surface area contributed by atoms with Gasteiger partial charge in [-0.3, -0.25) is 9.59 Å². The minimum absolute atomic E-state index is 0.0392. The van der Waals surface area contributed by atoms with Crippen LogP contribution in [0.1, 0.15) is 90.2 Å². The number of carbonyl (C=O) groups is 4. The lowest BCUT2D eigenvalue weighted by molar-refractivity contribution is -0.143. The van der Waals surface area contributed by atoms with E-state index in [1.165, 1.54) is 0 Å². The van der Waals surface area contributed by atoms with E-state index in [1.54, 1.807) is 0 Å². The number of amides is 2. The van der Waals surface area contributed by atoms with Gasteiger partial charge < -0.3 is 20.8 Å². The van der Waals surface area contributed by atoms with Gasteiger partial charge in [0.05, 0.1) is 0 Å². The fourth-order valence-corrected chi connectivity index (χ4v) is 6.77. The van der Waals surface area contributed by atoms with Gasteiger partial charge in [-0.1, -0.05) is 88.4 Å². The molecule has 4 rings (SSSR count). The lowest BCUT2D eigenvalue weighted by Crippen LogP contribution is -2.45. The Morgan fingerprint density at radius 3 is 1.13 bits per heavy atom. The minimum atomic E-state index is -0.974. The molecule has 252 valence electrons. The number of carbonyl (C=O) groups excluding carboxylic acids is 2. The van der Waals surface area contributed by atoms with Crippen LogP contribution in [-0.4, -0.2) is 46.0 Å². The topological polar surface area (TPSA) is 133 Å². The molecule has 0 aliphatic heterocycles. The van der Waals surface area contributed by atoms with Gasteiger partial charge in [0.15, 0.2) is 0 Å². The summed E-state index contributed by atoms with van der Waals surface area (Å²) in [5.41, 5.74) is 1.84. The number of hydrogen-bond acceptors (Lipinski definition) is 4. The zero-order chi connectivity index (χ0) is 33.6. The lowest BCUT2D eigenvalue weighted by atomic mass is 9.76. The summed E-state index contributed by atoms with van der Waals surface area (Å²) in [7, 11) is 0. The zero-order valence-corrected chi connectivity index (χ0v) is 28.0. The Labute approximate surface area is 274 Å². The van der Waals surface area contributed by atoms with Crippen molar-refractivity contribution in [1.29, 1.82) is 0 Å². The summed E-state index contributed by atoms with van der Waals surface area (Å²) in [6.07, 6.45) is 8.36. The summed E-state index contributed by atoms with van der Waals surface area (Å²) in [5.74, 6) is 0.470. The molecule has 4 N–H and O–H groups in total. The Bertz CT molecular complexity index is 1130. The molecule has 0 aromatic heterocycles. The SMILES string of the molecule is CC(C)C1CCC(C(=O)N[C@H](Cc2ccccc2)C(=O)O)CC1.CC(C)C1CCC(C(=O)N[C@H](Cc2ccccc2)C(=O)O)CC1. The monoisotopic (exact) mass is 634 g/mol. The first-order valence-electron chi connectivity index (χ1n) is 17.1. The zero-order valence-electron chi connectivity index (χ0n) is 28.0. The maximum Gasteiger partial charge on any atom is 0.326 e. The second-order valence-corrected chi connectivity index (χ2v) is 13.9. The first-order chi connectivity index (χ1) is 21.9. The van der Waals surface area contributed by atoms with Crippen molar-refractivity contribution < 1.29 is 29.4 Å². The largest absolute Gasteiger partial charge is 0.480 e. The van der Waals surface area contributed by atoms with Crippen molar-refractivity contribution in [2.75, 3.05) is 0 Å². The van der Waals surface area contributed by atoms with E-state index in [0.29, 0.717) is 36.5 Å². The number of benzene rings is 2. The first kappa shape index (κ1) is 36.8. The lowest BCUT2D eigenvalue weighted by Gasteiger charge is -2.30. The highest BCUT2D eigenvalue weighted by atomic mass is 16.4. The number of carboxylic acid groups (broad SMARTS) is 2. The number of aliphatic carboxylic acids is 2. The number of rotatable bonds is 12. The third kappa shape index (κ3) is 11.9. The van der Waals surface area contributed by atoms with Crippen molar-refractivity contribution in [2.24, 2.45) is 35.5 Å². The smallest absolute Gasteiger partial charge is 0.326 e. The van der Waals surface area contributed by atoms with E-state index in [4.69, 9.17) is 0 Å². The summed E-state index contributed by atoms with van der Waals surface area (Å²) in [6.45, 7) is 8.91. The number of nitrogens with one attached hydrogen (secondary N) is 2. The molecule has 2 saturated carbocycles. The molecule has 2 atom stereocenters. The average molecular weight is 635 g/mol. The van der Waals surface area contributed by atoms with Crippen LogP contribution in [0.2, 0.25) is 0 Å². The van der Waals surface area contributed by atoms with Crippen LogP contribution in [0, 0.1) is 35.5 Å². The van der Waals surface area contributed by atoms with E-state index >= 15 is 0 Å². The molecular formula is C38H54N2O6. The molecule has 0 radical (unpaired) electrons. The number of carboxylic acids is 2. The fraction of sp³-hybridized carbons (Fsp3) is 0.579. The van der Waals surface area contributed by atoms with Crippen molar-refractivity contribution in [3.05, 3.63) is 71.8 Å². The third-order valence-corrected chi connectivity index (χ3v) is 9.97. The fourth-order valence-electron chi connectivity index (χ4n) is 6.77. The maximum atomic E-state index is 12.4. The molecule has 0 spiro atoms. The van der Waals surface area contributed by atoms with Crippen LogP contribution in [0.5, 0.6) is 0 Å². The quantitative estimate of drug-likeness (QED) is 0.210. The molecule has 0 bridgehead atoms. The van der Waals surface area contributed by atoms with Gasteiger partial charge in [-0.15, -0.1) is 0 Å². The van der Waals surface area contributed by atoms with Gasteiger partial charge in [0.1, 0.15) is 12.1 Å². The molecule has 2 aliphatic rings. The van der Waals surface area contributed by atoms with Crippen molar-refractivity contribution in [3.63, 3.8) is 0 Å². The normalized spacial score (nSPS) is 22.6. The molecule has 2 aliphatic carbocycles. The van der Waals surface area contributed by atoms with Gasteiger partial charge in [0.2, 0.25) is 11.8 Å². The van der Waals surface area contributed by atoms with E-state index < -0.39 is 24.0 Å². The summed E-state index contributed by atoms with van der Waals surface area (Å²) in [5, 5.41) is 24.2. The standard InChI is InChI=1S/2C19H27NO3/c2*1-13(2)15-8-10-16(11-9-15)18(21)20-17(19(22)23)12-14-6-4-3-5-7-14/h2*3-7,13,15-17H,8-12H2,1-2H3,(H,20,21)(H,22,23)/t2*15?,16?,17-/m11/s1. The van der Waals surface area contributed by atoms with Gasteiger partial charge in [-0.2, -0.15) is 0 Å².